The molecule has 0 amide bonds. The fourth-order valence-electron chi connectivity index (χ4n) is 2.60. The molecule has 0 aromatic heterocycles. The zero-order valence-corrected chi connectivity index (χ0v) is 15.9. The van der Waals surface area contributed by atoms with E-state index in [4.69, 9.17) is 25.6 Å². The molecular formula is C19H20BClF2O3. The van der Waals surface area contributed by atoms with Crippen molar-refractivity contribution in [1.29, 1.82) is 0 Å². The highest BCUT2D eigenvalue weighted by Gasteiger charge is 2.51. The summed E-state index contributed by atoms with van der Waals surface area (Å²) >= 11 is 5.87. The topological polar surface area (TPSA) is 27.7 Å². The van der Waals surface area contributed by atoms with Crippen LogP contribution in [0.4, 0.5) is 8.78 Å². The first-order valence-corrected chi connectivity index (χ1v) is 8.68. The zero-order valence-electron chi connectivity index (χ0n) is 15.1. The highest BCUT2D eigenvalue weighted by Crippen LogP contribution is 2.36. The van der Waals surface area contributed by atoms with Gasteiger partial charge in [-0.05, 0) is 63.5 Å². The smallest absolute Gasteiger partial charge is 0.489 e. The van der Waals surface area contributed by atoms with Crippen LogP contribution in [0.2, 0.25) is 5.02 Å². The average molecular weight is 381 g/mol. The van der Waals surface area contributed by atoms with Gasteiger partial charge < -0.3 is 14.0 Å². The van der Waals surface area contributed by atoms with Crippen LogP contribution < -0.4 is 10.2 Å². The van der Waals surface area contributed by atoms with Crippen molar-refractivity contribution in [3.8, 4) is 5.75 Å². The predicted octanol–water partition coefficient (Wildman–Crippen LogP) is 4.50. The number of hydrogen-bond acceptors (Lipinski definition) is 3. The number of rotatable bonds is 4. The molecule has 0 aliphatic carbocycles. The molecule has 1 heterocycles. The lowest BCUT2D eigenvalue weighted by Gasteiger charge is -2.32. The van der Waals surface area contributed by atoms with Gasteiger partial charge >= 0.3 is 7.12 Å². The standard InChI is InChI=1S/C19H20BClF2O3/c1-18(2)19(3,4)26-20(25-18)13-8-15(22)10-16(9-13)24-11-12-7-14(21)5-6-17(12)23/h5-10H,11H2,1-4H3. The molecule has 0 bridgehead atoms. The maximum atomic E-state index is 14.0. The van der Waals surface area contributed by atoms with E-state index in [1.807, 2.05) is 27.7 Å². The van der Waals surface area contributed by atoms with Crippen molar-refractivity contribution in [3.05, 3.63) is 58.6 Å². The fraction of sp³-hybridized carbons (Fsp3) is 0.368. The van der Waals surface area contributed by atoms with E-state index < -0.39 is 30.0 Å². The lowest BCUT2D eigenvalue weighted by atomic mass is 9.79. The van der Waals surface area contributed by atoms with Crippen molar-refractivity contribution in [2.45, 2.75) is 45.5 Å². The molecule has 0 N–H and O–H groups in total. The lowest BCUT2D eigenvalue weighted by Crippen LogP contribution is -2.41. The summed E-state index contributed by atoms with van der Waals surface area (Å²) < 4.78 is 45.3. The van der Waals surface area contributed by atoms with Crippen molar-refractivity contribution >= 4 is 24.2 Å². The molecule has 2 aromatic rings. The van der Waals surface area contributed by atoms with Crippen molar-refractivity contribution in [3.63, 3.8) is 0 Å². The number of benzene rings is 2. The maximum Gasteiger partial charge on any atom is 0.495 e. The molecule has 0 atom stereocenters. The van der Waals surface area contributed by atoms with Gasteiger partial charge in [0.2, 0.25) is 0 Å². The van der Waals surface area contributed by atoms with E-state index in [9.17, 15) is 8.78 Å². The van der Waals surface area contributed by atoms with E-state index in [1.54, 1.807) is 6.07 Å². The monoisotopic (exact) mass is 380 g/mol. The quantitative estimate of drug-likeness (QED) is 0.731. The largest absolute Gasteiger partial charge is 0.495 e. The Morgan fingerprint density at radius 2 is 1.65 bits per heavy atom. The lowest BCUT2D eigenvalue weighted by molar-refractivity contribution is 0.00578. The number of hydrogen-bond donors (Lipinski definition) is 0. The van der Waals surface area contributed by atoms with E-state index in [2.05, 4.69) is 0 Å². The molecule has 2 aromatic carbocycles. The van der Waals surface area contributed by atoms with Gasteiger partial charge in [0.05, 0.1) is 11.2 Å². The minimum atomic E-state index is -0.707. The molecule has 7 heteroatoms. The third kappa shape index (κ3) is 3.87. The number of ether oxygens (including phenoxy) is 1. The van der Waals surface area contributed by atoms with E-state index in [0.717, 1.165) is 0 Å². The van der Waals surface area contributed by atoms with E-state index in [-0.39, 0.29) is 12.4 Å². The van der Waals surface area contributed by atoms with Crippen molar-refractivity contribution in [2.75, 3.05) is 0 Å². The third-order valence-electron chi connectivity index (χ3n) is 4.82. The minimum Gasteiger partial charge on any atom is -0.489 e. The summed E-state index contributed by atoms with van der Waals surface area (Å²) in [5.41, 5.74) is -0.270. The Hall–Kier alpha value is -1.63. The fourth-order valence-corrected chi connectivity index (χ4v) is 2.79. The Morgan fingerprint density at radius 3 is 2.31 bits per heavy atom. The van der Waals surface area contributed by atoms with E-state index in [1.165, 1.54) is 30.3 Å². The molecule has 1 aliphatic rings. The second-order valence-corrected chi connectivity index (χ2v) is 7.77. The Kier molecular flexibility index (Phi) is 5.03. The van der Waals surface area contributed by atoms with Crippen LogP contribution in [0.3, 0.4) is 0 Å². The minimum absolute atomic E-state index is 0.0708. The molecule has 0 spiro atoms. The van der Waals surface area contributed by atoms with E-state index in [0.29, 0.717) is 16.0 Å². The van der Waals surface area contributed by atoms with Gasteiger partial charge in [0.25, 0.3) is 0 Å². The molecule has 1 aliphatic heterocycles. The Labute approximate surface area is 157 Å². The molecule has 1 saturated heterocycles. The average Bonchev–Trinajstić information content (AvgIpc) is 2.76. The Bertz CT molecular complexity index is 810. The molecule has 3 nitrogen and oxygen atoms in total. The summed E-state index contributed by atoms with van der Waals surface area (Å²) in [6, 6.07) is 8.41. The zero-order chi connectivity index (χ0) is 19.1. The third-order valence-corrected chi connectivity index (χ3v) is 5.06. The maximum absolute atomic E-state index is 14.0. The van der Waals surface area contributed by atoms with Crippen LogP contribution in [0.25, 0.3) is 0 Å². The van der Waals surface area contributed by atoms with Gasteiger partial charge in [0.1, 0.15) is 24.0 Å². The van der Waals surface area contributed by atoms with Crippen LogP contribution in [-0.4, -0.2) is 18.3 Å². The van der Waals surface area contributed by atoms with Crippen LogP contribution in [0.1, 0.15) is 33.3 Å². The summed E-state index contributed by atoms with van der Waals surface area (Å²) in [5.74, 6) is -0.662. The molecule has 0 saturated carbocycles. The summed E-state index contributed by atoms with van der Waals surface area (Å²) in [5, 5.41) is 0.405. The molecule has 0 unspecified atom stereocenters. The first-order chi connectivity index (χ1) is 12.1. The van der Waals surface area contributed by atoms with Crippen LogP contribution in [-0.2, 0) is 15.9 Å². The van der Waals surface area contributed by atoms with Gasteiger partial charge in [0.15, 0.2) is 0 Å². The van der Waals surface area contributed by atoms with Crippen LogP contribution >= 0.6 is 11.6 Å². The molecule has 1 fully saturated rings. The second-order valence-electron chi connectivity index (χ2n) is 7.33. The van der Waals surface area contributed by atoms with Gasteiger partial charge in [-0.1, -0.05) is 11.6 Å². The van der Waals surface area contributed by atoms with Crippen molar-refractivity contribution in [2.24, 2.45) is 0 Å². The SMILES string of the molecule is CC1(C)OB(c2cc(F)cc(OCc3cc(Cl)ccc3F)c2)OC1(C)C. The molecular weight excluding hydrogens is 360 g/mol. The Balaban J connectivity index is 1.79. The summed E-state index contributed by atoms with van der Waals surface area (Å²) in [6.45, 7) is 7.62. The second kappa shape index (κ2) is 6.84. The normalized spacial score (nSPS) is 18.2. The first-order valence-electron chi connectivity index (χ1n) is 8.30. The van der Waals surface area contributed by atoms with Gasteiger partial charge in [-0.25, -0.2) is 8.78 Å². The van der Waals surface area contributed by atoms with Crippen molar-refractivity contribution < 1.29 is 22.8 Å². The van der Waals surface area contributed by atoms with E-state index >= 15 is 0 Å². The molecule has 0 radical (unpaired) electrons. The molecule has 26 heavy (non-hydrogen) atoms. The van der Waals surface area contributed by atoms with Crippen LogP contribution in [0.15, 0.2) is 36.4 Å². The van der Waals surface area contributed by atoms with Crippen molar-refractivity contribution in [1.82, 2.24) is 0 Å². The first kappa shape index (κ1) is 19.1. The van der Waals surface area contributed by atoms with Gasteiger partial charge in [-0.15, -0.1) is 0 Å². The molecule has 138 valence electrons. The van der Waals surface area contributed by atoms with Gasteiger partial charge in [-0.2, -0.15) is 0 Å². The highest BCUT2D eigenvalue weighted by atomic mass is 35.5. The molecule has 3 rings (SSSR count). The summed E-state index contributed by atoms with van der Waals surface area (Å²) in [6.07, 6.45) is 0. The van der Waals surface area contributed by atoms with Gasteiger partial charge in [-0.3, -0.25) is 0 Å². The summed E-state index contributed by atoms with van der Waals surface area (Å²) in [4.78, 5) is 0. The predicted molar refractivity (Wildman–Crippen MR) is 97.9 cm³/mol. The summed E-state index contributed by atoms with van der Waals surface area (Å²) in [7, 11) is -0.707. The Morgan fingerprint density at radius 1 is 1.00 bits per heavy atom. The highest BCUT2D eigenvalue weighted by molar-refractivity contribution is 6.62. The van der Waals surface area contributed by atoms with Crippen LogP contribution in [0.5, 0.6) is 5.75 Å². The van der Waals surface area contributed by atoms with Gasteiger partial charge in [0, 0.05) is 16.7 Å². The number of halogens is 3. The van der Waals surface area contributed by atoms with Crippen LogP contribution in [0, 0.1) is 11.6 Å².